The van der Waals surface area contributed by atoms with E-state index in [2.05, 4.69) is 5.32 Å². The van der Waals surface area contributed by atoms with E-state index in [0.717, 1.165) is 18.5 Å². The highest BCUT2D eigenvalue weighted by Gasteiger charge is 2.33. The van der Waals surface area contributed by atoms with Crippen molar-refractivity contribution in [1.82, 2.24) is 5.32 Å². The van der Waals surface area contributed by atoms with Crippen LogP contribution in [0.5, 0.6) is 0 Å². The molecule has 0 spiro atoms. The second-order valence-electron chi connectivity index (χ2n) is 4.87. The monoisotopic (exact) mass is 259 g/mol. The number of nitrogens with one attached hydrogen (secondary N) is 1. The van der Waals surface area contributed by atoms with E-state index in [4.69, 9.17) is 0 Å². The summed E-state index contributed by atoms with van der Waals surface area (Å²) in [5, 5.41) is 3.22. The molecule has 98 valence electrons. The molecule has 0 aromatic heterocycles. The van der Waals surface area contributed by atoms with Crippen molar-refractivity contribution in [3.05, 3.63) is 71.3 Å². The molecular formula is C16H15F2N. The van der Waals surface area contributed by atoms with Crippen molar-refractivity contribution >= 4 is 0 Å². The van der Waals surface area contributed by atoms with Crippen LogP contribution in [-0.2, 0) is 0 Å². The van der Waals surface area contributed by atoms with Crippen LogP contribution >= 0.6 is 0 Å². The van der Waals surface area contributed by atoms with Gasteiger partial charge in [-0.3, -0.25) is 0 Å². The van der Waals surface area contributed by atoms with Crippen LogP contribution < -0.4 is 5.32 Å². The Morgan fingerprint density at radius 2 is 1.58 bits per heavy atom. The highest BCUT2D eigenvalue weighted by Crippen LogP contribution is 2.39. The maximum atomic E-state index is 13.9. The minimum absolute atomic E-state index is 0.118. The maximum Gasteiger partial charge on any atom is 0.130 e. The van der Waals surface area contributed by atoms with Gasteiger partial charge in [0.1, 0.15) is 11.6 Å². The summed E-state index contributed by atoms with van der Waals surface area (Å²) in [4.78, 5) is 0. The molecule has 1 N–H and O–H groups in total. The van der Waals surface area contributed by atoms with Crippen LogP contribution in [0.2, 0.25) is 0 Å². The summed E-state index contributed by atoms with van der Waals surface area (Å²) in [6.07, 6.45) is 0.891. The van der Waals surface area contributed by atoms with Gasteiger partial charge in [-0.15, -0.1) is 0 Å². The van der Waals surface area contributed by atoms with Gasteiger partial charge in [0, 0.05) is 17.5 Å². The molecule has 2 atom stereocenters. The summed E-state index contributed by atoms with van der Waals surface area (Å²) < 4.78 is 27.8. The molecule has 0 bridgehead atoms. The number of hydrogen-bond acceptors (Lipinski definition) is 1. The summed E-state index contributed by atoms with van der Waals surface area (Å²) in [6.45, 7) is 0.776. The lowest BCUT2D eigenvalue weighted by molar-refractivity contribution is 0.483. The predicted molar refractivity (Wildman–Crippen MR) is 70.9 cm³/mol. The Morgan fingerprint density at radius 1 is 0.895 bits per heavy atom. The topological polar surface area (TPSA) is 12.0 Å². The summed E-state index contributed by atoms with van der Waals surface area (Å²) in [5.74, 6) is -0.826. The molecular weight excluding hydrogens is 244 g/mol. The number of rotatable bonds is 2. The van der Waals surface area contributed by atoms with E-state index in [1.54, 1.807) is 0 Å². The molecule has 2 unspecified atom stereocenters. The van der Waals surface area contributed by atoms with Gasteiger partial charge < -0.3 is 5.32 Å². The van der Waals surface area contributed by atoms with Gasteiger partial charge in [-0.2, -0.15) is 0 Å². The Morgan fingerprint density at radius 3 is 2.26 bits per heavy atom. The van der Waals surface area contributed by atoms with E-state index in [0.29, 0.717) is 0 Å². The molecule has 1 aliphatic heterocycles. The van der Waals surface area contributed by atoms with Gasteiger partial charge in [0.05, 0.1) is 0 Å². The van der Waals surface area contributed by atoms with E-state index >= 15 is 0 Å². The van der Waals surface area contributed by atoms with Crippen molar-refractivity contribution in [3.8, 4) is 0 Å². The quantitative estimate of drug-likeness (QED) is 0.865. The molecule has 1 heterocycles. The molecule has 0 radical (unpaired) electrons. The first-order valence-corrected chi connectivity index (χ1v) is 6.49. The number of benzene rings is 2. The third-order valence-corrected chi connectivity index (χ3v) is 3.76. The minimum Gasteiger partial charge on any atom is -0.309 e. The summed E-state index contributed by atoms with van der Waals surface area (Å²) in [5.41, 5.74) is 1.29. The van der Waals surface area contributed by atoms with Crippen LogP contribution in [0.1, 0.15) is 29.5 Å². The van der Waals surface area contributed by atoms with E-state index in [1.807, 2.05) is 30.3 Å². The van der Waals surface area contributed by atoms with Crippen molar-refractivity contribution < 1.29 is 8.78 Å². The van der Waals surface area contributed by atoms with Gasteiger partial charge in [-0.1, -0.05) is 36.4 Å². The molecule has 2 aromatic carbocycles. The predicted octanol–water partition coefficient (Wildman–Crippen LogP) is 3.78. The highest BCUT2D eigenvalue weighted by molar-refractivity contribution is 5.31. The summed E-state index contributed by atoms with van der Waals surface area (Å²) in [7, 11) is 0. The minimum atomic E-state index is -0.472. The Hall–Kier alpha value is -1.74. The van der Waals surface area contributed by atoms with Crippen LogP contribution in [0.3, 0.4) is 0 Å². The summed E-state index contributed by atoms with van der Waals surface area (Å²) in [6, 6.07) is 13.7. The first kappa shape index (κ1) is 12.3. The van der Waals surface area contributed by atoms with Crippen molar-refractivity contribution in [3.63, 3.8) is 0 Å². The van der Waals surface area contributed by atoms with Gasteiger partial charge in [0.15, 0.2) is 0 Å². The SMILES string of the molecule is Fc1cccc(F)c1C1NCCC1c1ccccc1. The fourth-order valence-corrected chi connectivity index (χ4v) is 2.87. The molecule has 0 saturated carbocycles. The third kappa shape index (κ3) is 2.26. The van der Waals surface area contributed by atoms with Gasteiger partial charge in [0.2, 0.25) is 0 Å². The zero-order valence-electron chi connectivity index (χ0n) is 10.4. The van der Waals surface area contributed by atoms with Crippen LogP contribution in [0.25, 0.3) is 0 Å². The van der Waals surface area contributed by atoms with Crippen molar-refractivity contribution in [2.75, 3.05) is 6.54 Å². The van der Waals surface area contributed by atoms with Crippen molar-refractivity contribution in [1.29, 1.82) is 0 Å². The molecule has 1 nitrogen and oxygen atoms in total. The zero-order valence-corrected chi connectivity index (χ0v) is 10.4. The first-order valence-electron chi connectivity index (χ1n) is 6.49. The van der Waals surface area contributed by atoms with Crippen molar-refractivity contribution in [2.45, 2.75) is 18.4 Å². The Balaban J connectivity index is 2.00. The lowest BCUT2D eigenvalue weighted by atomic mass is 9.87. The fraction of sp³-hybridized carbons (Fsp3) is 0.250. The molecule has 3 rings (SSSR count). The average molecular weight is 259 g/mol. The molecule has 1 saturated heterocycles. The molecule has 2 aromatic rings. The van der Waals surface area contributed by atoms with Crippen LogP contribution in [0.4, 0.5) is 8.78 Å². The molecule has 1 aliphatic rings. The van der Waals surface area contributed by atoms with Crippen LogP contribution in [-0.4, -0.2) is 6.54 Å². The smallest absolute Gasteiger partial charge is 0.130 e. The molecule has 0 aliphatic carbocycles. The highest BCUT2D eigenvalue weighted by atomic mass is 19.1. The zero-order chi connectivity index (χ0) is 13.2. The molecule has 1 fully saturated rings. The van der Waals surface area contributed by atoms with Crippen LogP contribution in [0.15, 0.2) is 48.5 Å². The van der Waals surface area contributed by atoms with E-state index in [-0.39, 0.29) is 17.5 Å². The number of hydrogen-bond donors (Lipinski definition) is 1. The second kappa shape index (κ2) is 5.10. The van der Waals surface area contributed by atoms with E-state index in [9.17, 15) is 8.78 Å². The molecule has 19 heavy (non-hydrogen) atoms. The van der Waals surface area contributed by atoms with E-state index < -0.39 is 11.6 Å². The van der Waals surface area contributed by atoms with Gasteiger partial charge in [0.25, 0.3) is 0 Å². The summed E-state index contributed by atoms with van der Waals surface area (Å²) >= 11 is 0. The Bertz CT molecular complexity index is 548. The lowest BCUT2D eigenvalue weighted by Gasteiger charge is -2.21. The molecule has 3 heteroatoms. The number of halogens is 2. The van der Waals surface area contributed by atoms with Gasteiger partial charge in [-0.25, -0.2) is 8.78 Å². The van der Waals surface area contributed by atoms with Crippen molar-refractivity contribution in [2.24, 2.45) is 0 Å². The second-order valence-corrected chi connectivity index (χ2v) is 4.87. The van der Waals surface area contributed by atoms with E-state index in [1.165, 1.54) is 18.2 Å². The Labute approximate surface area is 111 Å². The van der Waals surface area contributed by atoms with Gasteiger partial charge >= 0.3 is 0 Å². The normalized spacial score (nSPS) is 22.6. The fourth-order valence-electron chi connectivity index (χ4n) is 2.87. The average Bonchev–Trinajstić information content (AvgIpc) is 2.89. The largest absolute Gasteiger partial charge is 0.309 e. The first-order chi connectivity index (χ1) is 9.27. The third-order valence-electron chi connectivity index (χ3n) is 3.76. The maximum absolute atomic E-state index is 13.9. The van der Waals surface area contributed by atoms with Crippen LogP contribution in [0, 0.1) is 11.6 Å². The Kier molecular flexibility index (Phi) is 3.30. The molecule has 0 amide bonds. The standard InChI is InChI=1S/C16H15F2N/c17-13-7-4-8-14(18)15(13)16-12(9-10-19-16)11-5-2-1-3-6-11/h1-8,12,16,19H,9-10H2. The lowest BCUT2D eigenvalue weighted by Crippen LogP contribution is -2.20. The van der Waals surface area contributed by atoms with Gasteiger partial charge in [-0.05, 0) is 30.7 Å².